The van der Waals surface area contributed by atoms with Crippen molar-refractivity contribution in [1.82, 2.24) is 14.6 Å². The molecule has 0 fully saturated rings. The Morgan fingerprint density at radius 1 is 1.03 bits per heavy atom. The molecule has 0 aliphatic heterocycles. The third-order valence-corrected chi connectivity index (χ3v) is 5.61. The first kappa shape index (κ1) is 19.8. The van der Waals surface area contributed by atoms with Crippen LogP contribution in [-0.2, 0) is 6.42 Å². The lowest BCUT2D eigenvalue weighted by Gasteiger charge is -2.07. The summed E-state index contributed by atoms with van der Waals surface area (Å²) in [5.41, 5.74) is 2.33. The van der Waals surface area contributed by atoms with E-state index in [-0.39, 0.29) is 16.2 Å². The average Bonchev–Trinajstić information content (AvgIpc) is 3.04. The number of fused-ring (bicyclic) bond motifs is 1. The highest BCUT2D eigenvalue weighted by atomic mass is 32.1. The molecule has 152 valence electrons. The molecule has 30 heavy (non-hydrogen) atoms. The van der Waals surface area contributed by atoms with Crippen LogP contribution >= 0.6 is 11.3 Å². The Kier molecular flexibility index (Phi) is 5.33. The van der Waals surface area contributed by atoms with Gasteiger partial charge >= 0.3 is 0 Å². The Morgan fingerprint density at radius 2 is 1.77 bits per heavy atom. The van der Waals surface area contributed by atoms with Gasteiger partial charge in [0, 0.05) is 6.42 Å². The van der Waals surface area contributed by atoms with E-state index in [1.807, 2.05) is 37.3 Å². The monoisotopic (exact) mass is 421 g/mol. The van der Waals surface area contributed by atoms with Gasteiger partial charge in [-0.2, -0.15) is 14.6 Å². The zero-order chi connectivity index (χ0) is 21.3. The maximum atomic E-state index is 12.9. The molecule has 0 atom stereocenters. The summed E-state index contributed by atoms with van der Waals surface area (Å²) in [5, 5.41) is 4.29. The van der Waals surface area contributed by atoms with Crippen molar-refractivity contribution in [3.8, 4) is 11.5 Å². The molecule has 4 rings (SSSR count). The van der Waals surface area contributed by atoms with Gasteiger partial charge in [-0.15, -0.1) is 0 Å². The number of hydrogen-bond acceptors (Lipinski definition) is 7. The van der Waals surface area contributed by atoms with Gasteiger partial charge in [-0.25, -0.2) is 0 Å². The highest BCUT2D eigenvalue weighted by molar-refractivity contribution is 7.15. The molecule has 0 unspecified atom stereocenters. The van der Waals surface area contributed by atoms with Crippen LogP contribution in [0.15, 0.2) is 52.1 Å². The second-order valence-electron chi connectivity index (χ2n) is 6.75. The fourth-order valence-corrected chi connectivity index (χ4v) is 3.95. The molecule has 2 aromatic heterocycles. The summed E-state index contributed by atoms with van der Waals surface area (Å²) in [6.07, 6.45) is 2.04. The Hall–Kier alpha value is -3.52. The minimum atomic E-state index is -0.422. The van der Waals surface area contributed by atoms with Crippen molar-refractivity contribution in [2.24, 2.45) is 0 Å². The fraction of sp³-hybridized carbons (Fsp3) is 0.182. The van der Waals surface area contributed by atoms with Gasteiger partial charge in [0.15, 0.2) is 11.5 Å². The van der Waals surface area contributed by atoms with Crippen molar-refractivity contribution in [1.29, 1.82) is 0 Å². The van der Waals surface area contributed by atoms with Crippen molar-refractivity contribution in [2.75, 3.05) is 14.2 Å². The summed E-state index contributed by atoms with van der Waals surface area (Å²) in [5.74, 6) is 1.16. The molecule has 0 saturated heterocycles. The quantitative estimate of drug-likeness (QED) is 0.490. The Labute approximate surface area is 175 Å². The third-order valence-electron chi connectivity index (χ3n) is 4.65. The van der Waals surface area contributed by atoms with Crippen LogP contribution in [0.5, 0.6) is 11.5 Å². The molecule has 0 N–H and O–H groups in total. The average molecular weight is 421 g/mol. The van der Waals surface area contributed by atoms with Crippen molar-refractivity contribution in [3.63, 3.8) is 0 Å². The minimum absolute atomic E-state index is 0.240. The van der Waals surface area contributed by atoms with Crippen LogP contribution < -0.4 is 25.1 Å². The SMILES string of the molecule is COc1ccc(/C=c2/sc3nc(=O)c(Cc4ccc(C)cc4)nn3c2=O)cc1OC. The van der Waals surface area contributed by atoms with E-state index in [1.54, 1.807) is 32.4 Å². The maximum absolute atomic E-state index is 12.9. The fourth-order valence-electron chi connectivity index (χ4n) is 3.05. The number of hydrogen-bond donors (Lipinski definition) is 0. The lowest BCUT2D eigenvalue weighted by atomic mass is 10.1. The summed E-state index contributed by atoms with van der Waals surface area (Å²) in [6.45, 7) is 2.00. The first-order valence-corrected chi connectivity index (χ1v) is 10.0. The second kappa shape index (κ2) is 8.08. The molecule has 8 heteroatoms. The van der Waals surface area contributed by atoms with E-state index < -0.39 is 5.56 Å². The van der Waals surface area contributed by atoms with Crippen molar-refractivity contribution >= 4 is 22.4 Å². The van der Waals surface area contributed by atoms with Crippen LogP contribution in [0.2, 0.25) is 0 Å². The van der Waals surface area contributed by atoms with E-state index in [9.17, 15) is 9.59 Å². The topological polar surface area (TPSA) is 82.8 Å². The predicted octanol–water partition coefficient (Wildman–Crippen LogP) is 1.98. The zero-order valence-corrected chi connectivity index (χ0v) is 17.5. The largest absolute Gasteiger partial charge is 0.493 e. The molecule has 0 radical (unpaired) electrons. The Balaban J connectivity index is 1.77. The van der Waals surface area contributed by atoms with Gasteiger partial charge in [0.1, 0.15) is 5.69 Å². The molecule has 0 aliphatic carbocycles. The smallest absolute Gasteiger partial charge is 0.296 e. The van der Waals surface area contributed by atoms with Crippen LogP contribution in [0.25, 0.3) is 11.0 Å². The van der Waals surface area contributed by atoms with E-state index in [1.165, 1.54) is 4.52 Å². The molecule has 0 saturated carbocycles. The van der Waals surface area contributed by atoms with Crippen LogP contribution in [0.1, 0.15) is 22.4 Å². The number of aromatic nitrogens is 3. The zero-order valence-electron chi connectivity index (χ0n) is 16.7. The van der Waals surface area contributed by atoms with Crippen LogP contribution in [0.4, 0.5) is 0 Å². The first-order chi connectivity index (χ1) is 14.5. The van der Waals surface area contributed by atoms with Gasteiger partial charge in [-0.05, 0) is 36.3 Å². The number of methoxy groups -OCH3 is 2. The van der Waals surface area contributed by atoms with Gasteiger partial charge in [0.25, 0.3) is 11.1 Å². The van der Waals surface area contributed by atoms with Crippen LogP contribution in [-0.4, -0.2) is 28.8 Å². The highest BCUT2D eigenvalue weighted by Crippen LogP contribution is 2.27. The number of aryl methyl sites for hydroxylation is 1. The number of benzene rings is 2. The van der Waals surface area contributed by atoms with E-state index in [4.69, 9.17) is 9.47 Å². The summed E-state index contributed by atoms with van der Waals surface area (Å²) in [7, 11) is 3.11. The molecule has 0 amide bonds. The molecular formula is C22H19N3O4S. The van der Waals surface area contributed by atoms with Crippen molar-refractivity contribution in [3.05, 3.63) is 90.1 Å². The summed E-state index contributed by atoms with van der Waals surface area (Å²) < 4.78 is 12.2. The molecule has 2 heterocycles. The minimum Gasteiger partial charge on any atom is -0.493 e. The lowest BCUT2D eigenvalue weighted by molar-refractivity contribution is 0.355. The predicted molar refractivity (Wildman–Crippen MR) is 116 cm³/mol. The molecule has 0 bridgehead atoms. The number of rotatable bonds is 5. The first-order valence-electron chi connectivity index (χ1n) is 9.20. The Bertz CT molecular complexity index is 1390. The van der Waals surface area contributed by atoms with Gasteiger partial charge in [-0.1, -0.05) is 47.2 Å². The Morgan fingerprint density at radius 3 is 2.47 bits per heavy atom. The summed E-state index contributed by atoms with van der Waals surface area (Å²) in [4.78, 5) is 29.6. The van der Waals surface area contributed by atoms with E-state index in [2.05, 4.69) is 10.1 Å². The molecule has 2 aromatic carbocycles. The molecular weight excluding hydrogens is 402 g/mol. The molecule has 0 aliphatic rings. The number of nitrogens with zero attached hydrogens (tertiary/aromatic N) is 3. The molecule has 4 aromatic rings. The molecule has 0 spiro atoms. The third kappa shape index (κ3) is 3.81. The van der Waals surface area contributed by atoms with Crippen LogP contribution in [0, 0.1) is 6.92 Å². The van der Waals surface area contributed by atoms with Gasteiger partial charge in [0.05, 0.1) is 18.8 Å². The maximum Gasteiger partial charge on any atom is 0.296 e. The standard InChI is InChI=1S/C22H19N3O4S/c1-13-4-6-14(7-5-13)10-16-20(26)23-22-25(24-16)21(27)19(30-22)12-15-8-9-17(28-2)18(11-15)29-3/h4-9,11-12H,10H2,1-3H3/b19-12+. The van der Waals surface area contributed by atoms with E-state index in [0.29, 0.717) is 22.5 Å². The summed E-state index contributed by atoms with van der Waals surface area (Å²) >= 11 is 1.12. The van der Waals surface area contributed by atoms with Gasteiger partial charge in [-0.3, -0.25) is 9.59 Å². The van der Waals surface area contributed by atoms with Crippen LogP contribution in [0.3, 0.4) is 0 Å². The summed E-state index contributed by atoms with van der Waals surface area (Å²) in [6, 6.07) is 13.2. The molecule has 7 nitrogen and oxygen atoms in total. The van der Waals surface area contributed by atoms with Gasteiger partial charge in [0.2, 0.25) is 4.96 Å². The van der Waals surface area contributed by atoms with Crippen molar-refractivity contribution in [2.45, 2.75) is 13.3 Å². The van der Waals surface area contributed by atoms with Gasteiger partial charge < -0.3 is 9.47 Å². The lowest BCUT2D eigenvalue weighted by Crippen LogP contribution is -2.28. The second-order valence-corrected chi connectivity index (χ2v) is 7.76. The number of ether oxygens (including phenoxy) is 2. The normalized spacial score (nSPS) is 11.8. The van der Waals surface area contributed by atoms with E-state index >= 15 is 0 Å². The van der Waals surface area contributed by atoms with E-state index in [0.717, 1.165) is 28.0 Å². The van der Waals surface area contributed by atoms with Crippen molar-refractivity contribution < 1.29 is 9.47 Å². The highest BCUT2D eigenvalue weighted by Gasteiger charge is 2.12. The number of thiazole rings is 1.